The third-order valence-electron chi connectivity index (χ3n) is 2.90. The van der Waals surface area contributed by atoms with Crippen molar-refractivity contribution in [2.75, 3.05) is 0 Å². The van der Waals surface area contributed by atoms with E-state index in [9.17, 15) is 18.0 Å². The SMILES string of the molecule is O=C(Cc1ccccc1Cl)c1ccc(Br)cc1C(F)(F)F. The van der Waals surface area contributed by atoms with Gasteiger partial charge in [-0.15, -0.1) is 0 Å². The molecule has 2 rings (SSSR count). The molecule has 21 heavy (non-hydrogen) atoms. The Hall–Kier alpha value is -1.33. The second-order valence-electron chi connectivity index (χ2n) is 4.38. The van der Waals surface area contributed by atoms with E-state index in [1.165, 1.54) is 12.1 Å². The molecule has 0 fully saturated rings. The fraction of sp³-hybridized carbons (Fsp3) is 0.133. The summed E-state index contributed by atoms with van der Waals surface area (Å²) in [5.41, 5.74) is -0.806. The number of halogens is 5. The highest BCUT2D eigenvalue weighted by Gasteiger charge is 2.35. The quantitative estimate of drug-likeness (QED) is 0.641. The monoisotopic (exact) mass is 376 g/mol. The van der Waals surface area contributed by atoms with Crippen LogP contribution in [0.4, 0.5) is 13.2 Å². The molecule has 0 aliphatic heterocycles. The molecule has 6 heteroatoms. The van der Waals surface area contributed by atoms with Crippen molar-refractivity contribution in [1.29, 1.82) is 0 Å². The summed E-state index contributed by atoms with van der Waals surface area (Å²) in [4.78, 5) is 12.2. The van der Waals surface area contributed by atoms with Crippen molar-refractivity contribution in [2.24, 2.45) is 0 Å². The highest BCUT2D eigenvalue weighted by atomic mass is 79.9. The second kappa shape index (κ2) is 6.20. The zero-order valence-electron chi connectivity index (χ0n) is 10.5. The first-order chi connectivity index (χ1) is 9.79. The number of carbonyl (C=O) groups excluding carboxylic acids is 1. The summed E-state index contributed by atoms with van der Waals surface area (Å²) in [7, 11) is 0. The standard InChI is InChI=1S/C15H9BrClF3O/c16-10-5-6-11(12(8-10)15(18,19)20)14(21)7-9-3-1-2-4-13(9)17/h1-6,8H,7H2. The molecule has 0 saturated carbocycles. The minimum absolute atomic E-state index is 0.176. The van der Waals surface area contributed by atoms with Gasteiger partial charge < -0.3 is 0 Å². The summed E-state index contributed by atoms with van der Waals surface area (Å²) in [6, 6.07) is 10.1. The first-order valence-electron chi connectivity index (χ1n) is 5.92. The summed E-state index contributed by atoms with van der Waals surface area (Å²) in [6.07, 6.45) is -4.76. The van der Waals surface area contributed by atoms with Crippen molar-refractivity contribution in [3.8, 4) is 0 Å². The summed E-state index contributed by atoms with van der Waals surface area (Å²) >= 11 is 8.91. The van der Waals surface area contributed by atoms with Crippen LogP contribution in [-0.2, 0) is 12.6 Å². The smallest absolute Gasteiger partial charge is 0.294 e. The van der Waals surface area contributed by atoms with Crippen LogP contribution in [0.5, 0.6) is 0 Å². The molecule has 1 nitrogen and oxygen atoms in total. The summed E-state index contributed by atoms with van der Waals surface area (Å²) in [6.45, 7) is 0. The van der Waals surface area contributed by atoms with E-state index in [4.69, 9.17) is 11.6 Å². The second-order valence-corrected chi connectivity index (χ2v) is 5.70. The van der Waals surface area contributed by atoms with Gasteiger partial charge in [-0.1, -0.05) is 45.7 Å². The molecule has 0 atom stereocenters. The lowest BCUT2D eigenvalue weighted by atomic mass is 9.98. The average Bonchev–Trinajstić information content (AvgIpc) is 2.40. The van der Waals surface area contributed by atoms with Gasteiger partial charge in [-0.05, 0) is 29.8 Å². The Morgan fingerprint density at radius 2 is 1.81 bits per heavy atom. The minimum atomic E-state index is -4.59. The Kier molecular flexibility index (Phi) is 4.74. The molecule has 0 saturated heterocycles. The molecular formula is C15H9BrClF3O. The van der Waals surface area contributed by atoms with Crippen molar-refractivity contribution < 1.29 is 18.0 Å². The first kappa shape index (κ1) is 16.0. The van der Waals surface area contributed by atoms with E-state index >= 15 is 0 Å². The van der Waals surface area contributed by atoms with E-state index in [0.29, 0.717) is 10.6 Å². The molecular weight excluding hydrogens is 369 g/mol. The minimum Gasteiger partial charge on any atom is -0.294 e. The molecule has 0 unspecified atom stereocenters. The molecule has 2 aromatic rings. The molecule has 110 valence electrons. The average molecular weight is 378 g/mol. The van der Waals surface area contributed by atoms with E-state index < -0.39 is 17.5 Å². The molecule has 0 heterocycles. The van der Waals surface area contributed by atoms with Crippen molar-refractivity contribution in [3.63, 3.8) is 0 Å². The number of carbonyl (C=O) groups is 1. The van der Waals surface area contributed by atoms with Crippen LogP contribution in [0, 0.1) is 0 Å². The highest BCUT2D eigenvalue weighted by molar-refractivity contribution is 9.10. The van der Waals surface area contributed by atoms with Crippen LogP contribution in [0.3, 0.4) is 0 Å². The number of hydrogen-bond donors (Lipinski definition) is 0. The summed E-state index contributed by atoms with van der Waals surface area (Å²) in [5, 5.41) is 0.358. The summed E-state index contributed by atoms with van der Waals surface area (Å²) < 4.78 is 39.3. The van der Waals surface area contributed by atoms with Gasteiger partial charge in [0.1, 0.15) is 0 Å². The lowest BCUT2D eigenvalue weighted by Crippen LogP contribution is -2.14. The normalized spacial score (nSPS) is 11.5. The van der Waals surface area contributed by atoms with Crippen LogP contribution in [0.15, 0.2) is 46.9 Å². The molecule has 0 aliphatic rings. The predicted molar refractivity (Wildman–Crippen MR) is 78.6 cm³/mol. The molecule has 0 radical (unpaired) electrons. The topological polar surface area (TPSA) is 17.1 Å². The van der Waals surface area contributed by atoms with E-state index in [0.717, 1.165) is 6.07 Å². The number of ketones is 1. The van der Waals surface area contributed by atoms with E-state index in [1.54, 1.807) is 24.3 Å². The van der Waals surface area contributed by atoms with Gasteiger partial charge in [0, 0.05) is 21.5 Å². The fourth-order valence-electron chi connectivity index (χ4n) is 1.90. The summed E-state index contributed by atoms with van der Waals surface area (Å²) in [5.74, 6) is -0.622. The van der Waals surface area contributed by atoms with Gasteiger partial charge in [-0.25, -0.2) is 0 Å². The van der Waals surface area contributed by atoms with Gasteiger partial charge in [0.2, 0.25) is 0 Å². The Morgan fingerprint density at radius 1 is 1.14 bits per heavy atom. The van der Waals surface area contributed by atoms with Crippen LogP contribution in [-0.4, -0.2) is 5.78 Å². The van der Waals surface area contributed by atoms with Gasteiger partial charge in [0.25, 0.3) is 0 Å². The van der Waals surface area contributed by atoms with Gasteiger partial charge in [-0.2, -0.15) is 13.2 Å². The highest BCUT2D eigenvalue weighted by Crippen LogP contribution is 2.34. The maximum atomic E-state index is 13.0. The molecule has 0 amide bonds. The number of alkyl halides is 3. The maximum Gasteiger partial charge on any atom is 0.417 e. The molecule has 0 N–H and O–H groups in total. The Bertz CT molecular complexity index is 683. The van der Waals surface area contributed by atoms with E-state index in [-0.39, 0.29) is 16.5 Å². The van der Waals surface area contributed by atoms with Gasteiger partial charge in [0.15, 0.2) is 5.78 Å². The van der Waals surface area contributed by atoms with E-state index in [1.807, 2.05) is 0 Å². The number of hydrogen-bond acceptors (Lipinski definition) is 1. The predicted octanol–water partition coefficient (Wildman–Crippen LogP) is 5.55. The molecule has 2 aromatic carbocycles. The molecule has 0 spiro atoms. The van der Waals surface area contributed by atoms with Gasteiger partial charge in [0.05, 0.1) is 5.56 Å². The number of benzene rings is 2. The first-order valence-corrected chi connectivity index (χ1v) is 7.09. The zero-order chi connectivity index (χ0) is 15.6. The Morgan fingerprint density at radius 3 is 2.43 bits per heavy atom. The third kappa shape index (κ3) is 3.86. The van der Waals surface area contributed by atoms with E-state index in [2.05, 4.69) is 15.9 Å². The lowest BCUT2D eigenvalue weighted by molar-refractivity contribution is -0.138. The number of Topliss-reactive ketones (excluding diaryl/α,β-unsaturated/α-hetero) is 1. The van der Waals surface area contributed by atoms with Gasteiger partial charge in [-0.3, -0.25) is 4.79 Å². The van der Waals surface area contributed by atoms with Crippen LogP contribution >= 0.6 is 27.5 Å². The lowest BCUT2D eigenvalue weighted by Gasteiger charge is -2.13. The Balaban J connectivity index is 2.38. The molecule has 0 aliphatic carbocycles. The third-order valence-corrected chi connectivity index (χ3v) is 3.76. The van der Waals surface area contributed by atoms with Gasteiger partial charge >= 0.3 is 6.18 Å². The van der Waals surface area contributed by atoms with Crippen LogP contribution in [0.25, 0.3) is 0 Å². The van der Waals surface area contributed by atoms with Crippen molar-refractivity contribution in [3.05, 3.63) is 68.7 Å². The Labute approximate surface area is 132 Å². The van der Waals surface area contributed by atoms with Crippen LogP contribution in [0.1, 0.15) is 21.5 Å². The molecule has 0 aromatic heterocycles. The molecule has 0 bridgehead atoms. The van der Waals surface area contributed by atoms with Crippen LogP contribution in [0.2, 0.25) is 5.02 Å². The largest absolute Gasteiger partial charge is 0.417 e. The maximum absolute atomic E-state index is 13.0. The van der Waals surface area contributed by atoms with Crippen LogP contribution < -0.4 is 0 Å². The zero-order valence-corrected chi connectivity index (χ0v) is 12.9. The fourth-order valence-corrected chi connectivity index (χ4v) is 2.47. The van der Waals surface area contributed by atoms with Crippen molar-refractivity contribution in [1.82, 2.24) is 0 Å². The van der Waals surface area contributed by atoms with Crippen molar-refractivity contribution >= 4 is 33.3 Å². The van der Waals surface area contributed by atoms with Crippen molar-refractivity contribution in [2.45, 2.75) is 12.6 Å². The number of rotatable bonds is 3.